The second-order valence-corrected chi connectivity index (χ2v) is 4.06. The van der Waals surface area contributed by atoms with Crippen LogP contribution in [0.2, 0.25) is 0 Å². The van der Waals surface area contributed by atoms with Gasteiger partial charge in [0.15, 0.2) is 0 Å². The van der Waals surface area contributed by atoms with Gasteiger partial charge in [0.1, 0.15) is 11.6 Å². The summed E-state index contributed by atoms with van der Waals surface area (Å²) in [7, 11) is 1.60. The number of aromatic nitrogens is 2. The number of nitrogens with zero attached hydrogens (tertiary/aromatic N) is 2. The summed E-state index contributed by atoms with van der Waals surface area (Å²) in [6, 6.07) is 8.99. The summed E-state index contributed by atoms with van der Waals surface area (Å²) in [5.74, 6) is 0.378. The fourth-order valence-electron chi connectivity index (χ4n) is 1.73. The zero-order valence-electron chi connectivity index (χ0n) is 10.5. The van der Waals surface area contributed by atoms with E-state index in [2.05, 4.69) is 5.10 Å². The predicted octanol–water partition coefficient (Wildman–Crippen LogP) is 1.48. The van der Waals surface area contributed by atoms with E-state index >= 15 is 0 Å². The smallest absolute Gasteiger partial charge is 0.303 e. The molecule has 2 aromatic rings. The van der Waals surface area contributed by atoms with Crippen LogP contribution in [0.25, 0.3) is 5.69 Å². The lowest BCUT2D eigenvalue weighted by atomic mass is 10.2. The van der Waals surface area contributed by atoms with E-state index in [0.717, 1.165) is 11.4 Å². The maximum absolute atomic E-state index is 10.5. The van der Waals surface area contributed by atoms with E-state index in [0.29, 0.717) is 17.9 Å². The Morgan fingerprint density at radius 3 is 2.68 bits per heavy atom. The fraction of sp³-hybridized carbons (Fsp3) is 0.231. The van der Waals surface area contributed by atoms with Crippen molar-refractivity contribution < 1.29 is 14.6 Å². The van der Waals surface area contributed by atoms with Crippen molar-refractivity contribution in [3.63, 3.8) is 0 Å². The number of aliphatic carboxylic acids is 1. The predicted molar refractivity (Wildman–Crippen MR) is 70.5 cm³/mol. The third kappa shape index (κ3) is 3.04. The summed E-state index contributed by atoms with van der Waals surface area (Å²) in [4.78, 5) is 10.5. The lowest BCUT2D eigenvalue weighted by molar-refractivity contribution is -0.136. The summed E-state index contributed by atoms with van der Waals surface area (Å²) in [5.41, 5.74) is 7.34. The van der Waals surface area contributed by atoms with Gasteiger partial charge in [-0.15, -0.1) is 0 Å². The summed E-state index contributed by atoms with van der Waals surface area (Å²) in [6.07, 6.45) is 0.405. The van der Waals surface area contributed by atoms with E-state index < -0.39 is 5.97 Å². The van der Waals surface area contributed by atoms with Crippen LogP contribution in [0.5, 0.6) is 5.75 Å². The van der Waals surface area contributed by atoms with Gasteiger partial charge in [-0.2, -0.15) is 5.10 Å². The number of aryl methyl sites for hydroxylation is 1. The fourth-order valence-corrected chi connectivity index (χ4v) is 1.73. The SMILES string of the molecule is COc1ccc(-n2nc(CCC(=O)O)cc2N)cc1. The molecule has 0 unspecified atom stereocenters. The van der Waals surface area contributed by atoms with Crippen LogP contribution in [0, 0.1) is 0 Å². The number of hydrogen-bond donors (Lipinski definition) is 2. The largest absolute Gasteiger partial charge is 0.497 e. The normalized spacial score (nSPS) is 10.4. The number of anilines is 1. The number of nitrogen functional groups attached to an aromatic ring is 1. The zero-order valence-corrected chi connectivity index (χ0v) is 10.5. The third-order valence-corrected chi connectivity index (χ3v) is 2.70. The summed E-state index contributed by atoms with van der Waals surface area (Å²) >= 11 is 0. The van der Waals surface area contributed by atoms with Crippen LogP contribution >= 0.6 is 0 Å². The zero-order chi connectivity index (χ0) is 13.8. The Morgan fingerprint density at radius 2 is 2.11 bits per heavy atom. The second kappa shape index (κ2) is 5.43. The van der Waals surface area contributed by atoms with Gasteiger partial charge in [-0.25, -0.2) is 4.68 Å². The van der Waals surface area contributed by atoms with Crippen molar-refractivity contribution in [2.75, 3.05) is 12.8 Å². The first kappa shape index (κ1) is 12.9. The molecule has 1 heterocycles. The highest BCUT2D eigenvalue weighted by Gasteiger charge is 2.08. The van der Waals surface area contributed by atoms with Gasteiger partial charge in [-0.05, 0) is 24.3 Å². The minimum Gasteiger partial charge on any atom is -0.497 e. The maximum Gasteiger partial charge on any atom is 0.303 e. The van der Waals surface area contributed by atoms with Gasteiger partial charge in [0, 0.05) is 12.5 Å². The van der Waals surface area contributed by atoms with Crippen LogP contribution < -0.4 is 10.5 Å². The lowest BCUT2D eigenvalue weighted by Gasteiger charge is -2.05. The molecule has 0 radical (unpaired) electrons. The number of hydrogen-bond acceptors (Lipinski definition) is 4. The molecule has 2 rings (SSSR count). The lowest BCUT2D eigenvalue weighted by Crippen LogP contribution is -2.02. The highest BCUT2D eigenvalue weighted by molar-refractivity contribution is 5.67. The Hall–Kier alpha value is -2.50. The summed E-state index contributed by atoms with van der Waals surface area (Å²) in [5, 5.41) is 12.9. The molecular weight excluding hydrogens is 246 g/mol. The van der Waals surface area contributed by atoms with E-state index in [1.165, 1.54) is 0 Å². The van der Waals surface area contributed by atoms with Gasteiger partial charge < -0.3 is 15.6 Å². The van der Waals surface area contributed by atoms with Gasteiger partial charge in [0.05, 0.1) is 24.9 Å². The van der Waals surface area contributed by atoms with E-state index in [1.54, 1.807) is 17.9 Å². The molecule has 0 spiro atoms. The molecule has 0 atom stereocenters. The van der Waals surface area contributed by atoms with Crippen molar-refractivity contribution in [3.05, 3.63) is 36.0 Å². The van der Waals surface area contributed by atoms with E-state index in [9.17, 15) is 4.79 Å². The Morgan fingerprint density at radius 1 is 1.42 bits per heavy atom. The first-order valence-electron chi connectivity index (χ1n) is 5.81. The quantitative estimate of drug-likeness (QED) is 0.850. The monoisotopic (exact) mass is 261 g/mol. The molecule has 19 heavy (non-hydrogen) atoms. The first-order valence-corrected chi connectivity index (χ1v) is 5.81. The van der Waals surface area contributed by atoms with Gasteiger partial charge in [-0.3, -0.25) is 4.79 Å². The van der Waals surface area contributed by atoms with Crippen LogP contribution in [0.1, 0.15) is 12.1 Å². The van der Waals surface area contributed by atoms with Crippen molar-refractivity contribution >= 4 is 11.8 Å². The molecule has 1 aromatic carbocycles. The molecule has 1 aromatic heterocycles. The van der Waals surface area contributed by atoms with Crippen LogP contribution in [-0.2, 0) is 11.2 Å². The summed E-state index contributed by atoms with van der Waals surface area (Å²) in [6.45, 7) is 0. The van der Waals surface area contributed by atoms with Crippen LogP contribution in [0.3, 0.4) is 0 Å². The molecule has 6 nitrogen and oxygen atoms in total. The summed E-state index contributed by atoms with van der Waals surface area (Å²) < 4.78 is 6.66. The van der Waals surface area contributed by atoms with Crippen LogP contribution in [-0.4, -0.2) is 28.0 Å². The standard InChI is InChI=1S/C13H15N3O3/c1-19-11-5-3-10(4-6-11)16-12(14)8-9(15-16)2-7-13(17)18/h3-6,8H,2,7,14H2,1H3,(H,17,18). The number of carboxylic acids is 1. The molecule has 3 N–H and O–H groups in total. The van der Waals surface area contributed by atoms with Crippen molar-refractivity contribution in [2.24, 2.45) is 0 Å². The highest BCUT2D eigenvalue weighted by Crippen LogP contribution is 2.18. The molecule has 0 aliphatic carbocycles. The number of carbonyl (C=O) groups is 1. The Labute approximate surface area is 110 Å². The minimum atomic E-state index is -0.849. The number of ether oxygens (including phenoxy) is 1. The molecule has 0 saturated heterocycles. The Bertz CT molecular complexity index is 575. The van der Waals surface area contributed by atoms with Crippen molar-refractivity contribution in [2.45, 2.75) is 12.8 Å². The topological polar surface area (TPSA) is 90.4 Å². The molecule has 6 heteroatoms. The average molecular weight is 261 g/mol. The van der Waals surface area contributed by atoms with Gasteiger partial charge in [-0.1, -0.05) is 0 Å². The van der Waals surface area contributed by atoms with E-state index in [1.807, 2.05) is 24.3 Å². The first-order chi connectivity index (χ1) is 9.10. The molecule has 0 aliphatic heterocycles. The number of nitrogens with two attached hydrogens (primary N) is 1. The van der Waals surface area contributed by atoms with Gasteiger partial charge in [0.25, 0.3) is 0 Å². The third-order valence-electron chi connectivity index (χ3n) is 2.70. The molecule has 0 bridgehead atoms. The van der Waals surface area contributed by atoms with Crippen LogP contribution in [0.4, 0.5) is 5.82 Å². The second-order valence-electron chi connectivity index (χ2n) is 4.06. The van der Waals surface area contributed by atoms with E-state index in [4.69, 9.17) is 15.6 Å². The molecule has 0 fully saturated rings. The average Bonchev–Trinajstić information content (AvgIpc) is 2.78. The number of rotatable bonds is 5. The molecule has 100 valence electrons. The van der Waals surface area contributed by atoms with Crippen molar-refractivity contribution in [3.8, 4) is 11.4 Å². The molecular formula is C13H15N3O3. The maximum atomic E-state index is 10.5. The van der Waals surface area contributed by atoms with Gasteiger partial charge >= 0.3 is 5.97 Å². The minimum absolute atomic E-state index is 0.0407. The van der Waals surface area contributed by atoms with Crippen molar-refractivity contribution in [1.82, 2.24) is 9.78 Å². The molecule has 0 amide bonds. The van der Waals surface area contributed by atoms with E-state index in [-0.39, 0.29) is 6.42 Å². The van der Waals surface area contributed by atoms with Gasteiger partial charge in [0.2, 0.25) is 0 Å². The molecule has 0 saturated carbocycles. The number of benzene rings is 1. The Kier molecular flexibility index (Phi) is 3.70. The Balaban J connectivity index is 2.21. The van der Waals surface area contributed by atoms with Crippen LogP contribution in [0.15, 0.2) is 30.3 Å². The number of carboxylic acid groups (broad SMARTS) is 1. The molecule has 0 aliphatic rings. The number of methoxy groups -OCH3 is 1. The highest BCUT2D eigenvalue weighted by atomic mass is 16.5. The van der Waals surface area contributed by atoms with Crippen molar-refractivity contribution in [1.29, 1.82) is 0 Å².